The Morgan fingerprint density at radius 1 is 1.33 bits per heavy atom. The quantitative estimate of drug-likeness (QED) is 0.485. The van der Waals surface area contributed by atoms with E-state index in [1.807, 2.05) is 6.07 Å². The van der Waals surface area contributed by atoms with Crippen molar-refractivity contribution in [1.29, 1.82) is 5.26 Å². The van der Waals surface area contributed by atoms with Crippen molar-refractivity contribution in [2.75, 3.05) is 16.8 Å². The lowest BCUT2D eigenvalue weighted by Crippen LogP contribution is -2.40. The Morgan fingerprint density at radius 2 is 2.07 bits per heavy atom. The average molecular weight is 427 g/mol. The summed E-state index contributed by atoms with van der Waals surface area (Å²) in [6.07, 6.45) is 0.411. The SMILES string of the molecule is C[C@H](Nc1nc(N)nc(N)c1C#N)c1nc2cccc(Cl)c2c(=O)n1C1CC(O)C1. The highest BCUT2D eigenvalue weighted by molar-refractivity contribution is 6.35. The zero-order chi connectivity index (χ0) is 21.6. The molecular weight excluding hydrogens is 408 g/mol. The van der Waals surface area contributed by atoms with Crippen molar-refractivity contribution in [3.8, 4) is 6.07 Å². The molecular formula is C19H19ClN8O2. The molecule has 1 aliphatic rings. The van der Waals surface area contributed by atoms with Crippen molar-refractivity contribution in [2.45, 2.75) is 38.0 Å². The highest BCUT2D eigenvalue weighted by Gasteiger charge is 2.33. The van der Waals surface area contributed by atoms with Crippen LogP contribution in [0.4, 0.5) is 17.6 Å². The number of rotatable bonds is 4. The zero-order valence-corrected chi connectivity index (χ0v) is 16.8. The monoisotopic (exact) mass is 426 g/mol. The fraction of sp³-hybridized carbons (Fsp3) is 0.316. The maximum absolute atomic E-state index is 13.3. The molecule has 2 aromatic heterocycles. The van der Waals surface area contributed by atoms with Gasteiger partial charge in [-0.05, 0) is 31.9 Å². The molecule has 0 spiro atoms. The van der Waals surface area contributed by atoms with Crippen LogP contribution in [0.3, 0.4) is 0 Å². The van der Waals surface area contributed by atoms with Gasteiger partial charge in [0.1, 0.15) is 23.3 Å². The van der Waals surface area contributed by atoms with Crippen molar-refractivity contribution in [1.82, 2.24) is 19.5 Å². The molecule has 1 aromatic carbocycles. The van der Waals surface area contributed by atoms with Crippen molar-refractivity contribution in [3.05, 3.63) is 45.0 Å². The lowest BCUT2D eigenvalue weighted by atomic mass is 9.89. The first-order valence-corrected chi connectivity index (χ1v) is 9.66. The fourth-order valence-electron chi connectivity index (χ4n) is 3.63. The molecule has 11 heteroatoms. The van der Waals surface area contributed by atoms with Gasteiger partial charge in [0.25, 0.3) is 5.56 Å². The molecule has 10 nitrogen and oxygen atoms in total. The molecule has 30 heavy (non-hydrogen) atoms. The third kappa shape index (κ3) is 3.28. The van der Waals surface area contributed by atoms with Crippen molar-refractivity contribution in [3.63, 3.8) is 0 Å². The van der Waals surface area contributed by atoms with E-state index in [0.29, 0.717) is 34.6 Å². The van der Waals surface area contributed by atoms with E-state index in [-0.39, 0.29) is 34.7 Å². The Balaban J connectivity index is 1.85. The Bertz CT molecular complexity index is 1250. The Kier molecular flexibility index (Phi) is 4.93. The van der Waals surface area contributed by atoms with Gasteiger partial charge in [0, 0.05) is 6.04 Å². The van der Waals surface area contributed by atoms with Crippen LogP contribution < -0.4 is 22.3 Å². The van der Waals surface area contributed by atoms with E-state index >= 15 is 0 Å². The number of halogens is 1. The summed E-state index contributed by atoms with van der Waals surface area (Å²) in [7, 11) is 0. The molecule has 0 bridgehead atoms. The molecule has 6 N–H and O–H groups in total. The van der Waals surface area contributed by atoms with Gasteiger partial charge in [0.05, 0.1) is 28.1 Å². The highest BCUT2D eigenvalue weighted by atomic mass is 35.5. The summed E-state index contributed by atoms with van der Waals surface area (Å²) in [5, 5.41) is 22.9. The summed E-state index contributed by atoms with van der Waals surface area (Å²) in [4.78, 5) is 25.8. The van der Waals surface area contributed by atoms with Gasteiger partial charge in [0.15, 0.2) is 5.82 Å². The Morgan fingerprint density at radius 3 is 2.73 bits per heavy atom. The minimum absolute atomic E-state index is 0.0440. The van der Waals surface area contributed by atoms with Gasteiger partial charge >= 0.3 is 0 Å². The van der Waals surface area contributed by atoms with E-state index in [9.17, 15) is 15.2 Å². The summed E-state index contributed by atoms with van der Waals surface area (Å²) in [6, 6.07) is 6.27. The van der Waals surface area contributed by atoms with E-state index in [2.05, 4.69) is 20.3 Å². The number of nitrogens with two attached hydrogens (primary N) is 2. The molecule has 0 radical (unpaired) electrons. The van der Waals surface area contributed by atoms with Crippen LogP contribution in [0.25, 0.3) is 10.9 Å². The van der Waals surface area contributed by atoms with Gasteiger partial charge in [-0.3, -0.25) is 9.36 Å². The molecule has 0 amide bonds. The fourth-order valence-corrected chi connectivity index (χ4v) is 3.88. The molecule has 2 heterocycles. The van der Waals surface area contributed by atoms with Crippen LogP contribution in [0.15, 0.2) is 23.0 Å². The minimum atomic E-state index is -0.542. The molecule has 0 saturated heterocycles. The van der Waals surface area contributed by atoms with Crippen LogP contribution in [0.1, 0.15) is 43.2 Å². The van der Waals surface area contributed by atoms with Crippen LogP contribution in [0.5, 0.6) is 0 Å². The number of benzene rings is 1. The summed E-state index contributed by atoms with van der Waals surface area (Å²) in [6.45, 7) is 1.78. The van der Waals surface area contributed by atoms with Crippen LogP contribution in [-0.4, -0.2) is 30.7 Å². The van der Waals surface area contributed by atoms with Crippen molar-refractivity contribution in [2.24, 2.45) is 0 Å². The standard InChI is InChI=1S/C19H19ClN8O2/c1-8(24-16-11(7-21)15(22)26-19(23)27-16)17-25-13-4-2-3-12(20)14(13)18(30)28(17)9-5-10(29)6-9/h2-4,8-10,29H,5-6H2,1H3,(H5,22,23,24,26,27)/t8-,9?,10?/m0/s1. The Labute approximate surface area is 176 Å². The lowest BCUT2D eigenvalue weighted by molar-refractivity contribution is 0.0454. The molecule has 154 valence electrons. The number of aromatic nitrogens is 4. The largest absolute Gasteiger partial charge is 0.393 e. The highest BCUT2D eigenvalue weighted by Crippen LogP contribution is 2.34. The van der Waals surface area contributed by atoms with Gasteiger partial charge in [-0.1, -0.05) is 17.7 Å². The number of hydrogen-bond acceptors (Lipinski definition) is 9. The molecule has 1 atom stereocenters. The summed E-state index contributed by atoms with van der Waals surface area (Å²) >= 11 is 6.27. The number of fused-ring (bicyclic) bond motifs is 1. The maximum atomic E-state index is 13.3. The van der Waals surface area contributed by atoms with Crippen LogP contribution in [-0.2, 0) is 0 Å². The van der Waals surface area contributed by atoms with Crippen molar-refractivity contribution >= 4 is 40.1 Å². The van der Waals surface area contributed by atoms with E-state index < -0.39 is 12.1 Å². The molecule has 1 aliphatic carbocycles. The van der Waals surface area contributed by atoms with Crippen molar-refractivity contribution < 1.29 is 5.11 Å². The number of aliphatic hydroxyl groups excluding tert-OH is 1. The Hall–Kier alpha value is -3.42. The number of nitrogens with one attached hydrogen (secondary N) is 1. The first-order chi connectivity index (χ1) is 14.3. The number of hydrogen-bond donors (Lipinski definition) is 4. The van der Waals surface area contributed by atoms with Gasteiger partial charge in [-0.2, -0.15) is 15.2 Å². The normalized spacial score (nSPS) is 19.1. The van der Waals surface area contributed by atoms with Crippen LogP contribution >= 0.6 is 11.6 Å². The van der Waals surface area contributed by atoms with E-state index in [4.69, 9.17) is 23.1 Å². The maximum Gasteiger partial charge on any atom is 0.263 e. The van der Waals surface area contributed by atoms with Gasteiger partial charge < -0.3 is 21.9 Å². The van der Waals surface area contributed by atoms with E-state index in [1.54, 1.807) is 29.7 Å². The lowest BCUT2D eigenvalue weighted by Gasteiger charge is -2.35. The van der Waals surface area contributed by atoms with E-state index in [1.165, 1.54) is 0 Å². The summed E-state index contributed by atoms with van der Waals surface area (Å²) < 4.78 is 1.55. The molecule has 3 aromatic rings. The number of aliphatic hydroxyl groups is 1. The average Bonchev–Trinajstić information content (AvgIpc) is 2.65. The summed E-state index contributed by atoms with van der Waals surface area (Å²) in [5.74, 6) is 0.443. The molecule has 4 rings (SSSR count). The zero-order valence-electron chi connectivity index (χ0n) is 16.0. The third-order valence-corrected chi connectivity index (χ3v) is 5.48. The number of anilines is 3. The minimum Gasteiger partial charge on any atom is -0.393 e. The third-order valence-electron chi connectivity index (χ3n) is 5.17. The second-order valence-corrected chi connectivity index (χ2v) is 7.63. The second kappa shape index (κ2) is 7.44. The number of nitrogens with zero attached hydrogens (tertiary/aromatic N) is 5. The molecule has 1 fully saturated rings. The van der Waals surface area contributed by atoms with Crippen LogP contribution in [0, 0.1) is 11.3 Å². The number of nitriles is 1. The summed E-state index contributed by atoms with van der Waals surface area (Å²) in [5.41, 5.74) is 11.7. The number of nitrogen functional groups attached to an aromatic ring is 2. The van der Waals surface area contributed by atoms with Gasteiger partial charge in [-0.25, -0.2) is 4.98 Å². The molecule has 0 aliphatic heterocycles. The van der Waals surface area contributed by atoms with Gasteiger partial charge in [0.2, 0.25) is 5.95 Å². The molecule has 0 unspecified atom stereocenters. The topological polar surface area (TPSA) is 169 Å². The smallest absolute Gasteiger partial charge is 0.263 e. The second-order valence-electron chi connectivity index (χ2n) is 7.23. The predicted octanol–water partition coefficient (Wildman–Crippen LogP) is 1.74. The van der Waals surface area contributed by atoms with Crippen LogP contribution in [0.2, 0.25) is 5.02 Å². The molecule has 1 saturated carbocycles. The first kappa shape index (κ1) is 19.9. The van der Waals surface area contributed by atoms with E-state index in [0.717, 1.165) is 0 Å². The predicted molar refractivity (Wildman–Crippen MR) is 113 cm³/mol. The van der Waals surface area contributed by atoms with Gasteiger partial charge in [-0.15, -0.1) is 0 Å². The first-order valence-electron chi connectivity index (χ1n) is 9.28.